The van der Waals surface area contributed by atoms with Crippen LogP contribution in [0.3, 0.4) is 0 Å². The number of fused-ring (bicyclic) bond motifs is 1. The van der Waals surface area contributed by atoms with Crippen LogP contribution < -0.4 is 5.32 Å². The standard InChI is InChI=1S/C18H20N4O3/c1-5-13-14-15(19-12-8-10(3)7-11(4)9-12)20-16(18(23)24-6-2)21-17(14)25-22-13/h7-9H,5-6H2,1-4H3,(H,19,20,21). The summed E-state index contributed by atoms with van der Waals surface area (Å²) in [6, 6.07) is 6.09. The molecule has 25 heavy (non-hydrogen) atoms. The van der Waals surface area contributed by atoms with Crippen molar-refractivity contribution in [1.29, 1.82) is 0 Å². The lowest BCUT2D eigenvalue weighted by molar-refractivity contribution is 0.0512. The average Bonchev–Trinajstić information content (AvgIpc) is 2.97. The first-order valence-electron chi connectivity index (χ1n) is 8.20. The Morgan fingerprint density at radius 3 is 2.52 bits per heavy atom. The minimum absolute atomic E-state index is 0.0555. The second kappa shape index (κ2) is 6.88. The molecule has 0 atom stereocenters. The molecule has 0 unspecified atom stereocenters. The third-order valence-electron chi connectivity index (χ3n) is 3.68. The Morgan fingerprint density at radius 1 is 1.16 bits per heavy atom. The van der Waals surface area contributed by atoms with Gasteiger partial charge in [0.15, 0.2) is 0 Å². The number of hydrogen-bond donors (Lipinski definition) is 1. The van der Waals surface area contributed by atoms with E-state index in [9.17, 15) is 4.79 Å². The van der Waals surface area contributed by atoms with Gasteiger partial charge in [0.1, 0.15) is 11.2 Å². The van der Waals surface area contributed by atoms with Crippen LogP contribution in [0.2, 0.25) is 0 Å². The molecule has 3 aromatic rings. The Morgan fingerprint density at radius 2 is 1.88 bits per heavy atom. The molecule has 0 aliphatic heterocycles. The van der Waals surface area contributed by atoms with Gasteiger partial charge in [-0.15, -0.1) is 0 Å². The number of nitrogens with one attached hydrogen (secondary N) is 1. The fraction of sp³-hybridized carbons (Fsp3) is 0.333. The minimum Gasteiger partial charge on any atom is -0.460 e. The maximum absolute atomic E-state index is 12.0. The van der Waals surface area contributed by atoms with E-state index in [2.05, 4.69) is 26.5 Å². The van der Waals surface area contributed by atoms with Crippen LogP contribution in [0.5, 0.6) is 0 Å². The van der Waals surface area contributed by atoms with Gasteiger partial charge >= 0.3 is 5.97 Å². The van der Waals surface area contributed by atoms with E-state index in [0.717, 1.165) is 22.5 Å². The maximum Gasteiger partial charge on any atom is 0.376 e. The summed E-state index contributed by atoms with van der Waals surface area (Å²) in [5, 5.41) is 7.97. The number of esters is 1. The summed E-state index contributed by atoms with van der Waals surface area (Å²) in [5.41, 5.74) is 4.12. The summed E-state index contributed by atoms with van der Waals surface area (Å²) in [5.74, 6) is -0.168. The number of anilines is 2. The normalized spacial score (nSPS) is 10.9. The monoisotopic (exact) mass is 340 g/mol. The molecule has 2 aromatic heterocycles. The molecule has 0 radical (unpaired) electrons. The summed E-state index contributed by atoms with van der Waals surface area (Å²) in [6.45, 7) is 7.99. The van der Waals surface area contributed by atoms with Gasteiger partial charge in [-0.1, -0.05) is 18.1 Å². The van der Waals surface area contributed by atoms with Gasteiger partial charge in [-0.3, -0.25) is 0 Å². The predicted octanol–water partition coefficient (Wildman–Crippen LogP) is 3.72. The molecule has 0 saturated heterocycles. The molecule has 0 amide bonds. The van der Waals surface area contributed by atoms with Crippen molar-refractivity contribution in [2.75, 3.05) is 11.9 Å². The Bertz CT molecular complexity index is 913. The van der Waals surface area contributed by atoms with E-state index in [1.54, 1.807) is 6.92 Å². The first kappa shape index (κ1) is 16.9. The zero-order valence-electron chi connectivity index (χ0n) is 14.7. The van der Waals surface area contributed by atoms with E-state index in [-0.39, 0.29) is 18.1 Å². The summed E-state index contributed by atoms with van der Waals surface area (Å²) < 4.78 is 10.3. The molecule has 0 bridgehead atoms. The van der Waals surface area contributed by atoms with Gasteiger partial charge < -0.3 is 14.6 Å². The Hall–Kier alpha value is -2.96. The highest BCUT2D eigenvalue weighted by Crippen LogP contribution is 2.28. The highest BCUT2D eigenvalue weighted by atomic mass is 16.5. The number of rotatable bonds is 5. The molecule has 1 aromatic carbocycles. The van der Waals surface area contributed by atoms with Crippen molar-refractivity contribution in [2.24, 2.45) is 0 Å². The largest absolute Gasteiger partial charge is 0.460 e. The van der Waals surface area contributed by atoms with Gasteiger partial charge in [0.05, 0.1) is 12.3 Å². The van der Waals surface area contributed by atoms with E-state index in [4.69, 9.17) is 9.26 Å². The van der Waals surface area contributed by atoms with Gasteiger partial charge in [-0.2, -0.15) is 4.98 Å². The molecule has 1 N–H and O–H groups in total. The molecular formula is C18H20N4O3. The number of carbonyl (C=O) groups is 1. The van der Waals surface area contributed by atoms with Crippen LogP contribution >= 0.6 is 0 Å². The third kappa shape index (κ3) is 3.45. The van der Waals surface area contributed by atoms with Crippen molar-refractivity contribution in [1.82, 2.24) is 15.1 Å². The highest BCUT2D eigenvalue weighted by Gasteiger charge is 2.20. The van der Waals surface area contributed by atoms with E-state index < -0.39 is 5.97 Å². The molecule has 2 heterocycles. The SMILES string of the molecule is CCOC(=O)c1nc(Nc2cc(C)cc(C)c2)c2c(CC)noc2n1. The molecule has 130 valence electrons. The predicted molar refractivity (Wildman–Crippen MR) is 94.1 cm³/mol. The first-order chi connectivity index (χ1) is 12.0. The minimum atomic E-state index is -0.595. The first-order valence-corrected chi connectivity index (χ1v) is 8.20. The van der Waals surface area contributed by atoms with Crippen LogP contribution in [0.4, 0.5) is 11.5 Å². The van der Waals surface area contributed by atoms with Gasteiger partial charge in [0, 0.05) is 5.69 Å². The molecule has 7 nitrogen and oxygen atoms in total. The molecule has 7 heteroatoms. The Kier molecular flexibility index (Phi) is 4.65. The summed E-state index contributed by atoms with van der Waals surface area (Å²) in [6.07, 6.45) is 0.663. The molecule has 3 rings (SSSR count). The topological polar surface area (TPSA) is 90.1 Å². The van der Waals surface area contributed by atoms with Gasteiger partial charge in [0.25, 0.3) is 5.71 Å². The molecule has 0 spiro atoms. The molecule has 0 aliphatic carbocycles. The summed E-state index contributed by atoms with van der Waals surface area (Å²) in [4.78, 5) is 20.5. The number of nitrogens with zero attached hydrogens (tertiary/aromatic N) is 3. The number of hydrogen-bond acceptors (Lipinski definition) is 7. The smallest absolute Gasteiger partial charge is 0.376 e. The Balaban J connectivity index is 2.12. The van der Waals surface area contributed by atoms with Gasteiger partial charge in [0.2, 0.25) is 5.82 Å². The Labute approximate surface area is 145 Å². The number of aryl methyl sites for hydroxylation is 3. The quantitative estimate of drug-likeness (QED) is 0.708. The lowest BCUT2D eigenvalue weighted by Gasteiger charge is -2.10. The fourth-order valence-electron chi connectivity index (χ4n) is 2.71. The number of carbonyl (C=O) groups excluding carboxylic acids is 1. The second-order valence-corrected chi connectivity index (χ2v) is 5.78. The third-order valence-corrected chi connectivity index (χ3v) is 3.68. The van der Waals surface area contributed by atoms with Crippen molar-refractivity contribution in [2.45, 2.75) is 34.1 Å². The van der Waals surface area contributed by atoms with Crippen LogP contribution in [0.1, 0.15) is 41.3 Å². The van der Waals surface area contributed by atoms with E-state index in [1.165, 1.54) is 0 Å². The average molecular weight is 340 g/mol. The number of aromatic nitrogens is 3. The van der Waals surface area contributed by atoms with Gasteiger partial charge in [-0.05, 0) is 50.5 Å². The van der Waals surface area contributed by atoms with Crippen molar-refractivity contribution in [3.63, 3.8) is 0 Å². The van der Waals surface area contributed by atoms with E-state index >= 15 is 0 Å². The molecular weight excluding hydrogens is 320 g/mol. The van der Waals surface area contributed by atoms with Crippen LogP contribution in [-0.2, 0) is 11.2 Å². The fourth-order valence-corrected chi connectivity index (χ4v) is 2.71. The van der Waals surface area contributed by atoms with Crippen molar-refractivity contribution in [3.05, 3.63) is 40.8 Å². The van der Waals surface area contributed by atoms with Crippen LogP contribution in [-0.4, -0.2) is 27.7 Å². The maximum atomic E-state index is 12.0. The number of ether oxygens (including phenoxy) is 1. The van der Waals surface area contributed by atoms with Crippen LogP contribution in [0, 0.1) is 13.8 Å². The van der Waals surface area contributed by atoms with Gasteiger partial charge in [-0.25, -0.2) is 9.78 Å². The lowest BCUT2D eigenvalue weighted by atomic mass is 10.1. The summed E-state index contributed by atoms with van der Waals surface area (Å²) >= 11 is 0. The second-order valence-electron chi connectivity index (χ2n) is 5.78. The van der Waals surface area contributed by atoms with Crippen LogP contribution in [0.15, 0.2) is 22.7 Å². The highest BCUT2D eigenvalue weighted by molar-refractivity contribution is 5.94. The van der Waals surface area contributed by atoms with Crippen molar-refractivity contribution < 1.29 is 14.1 Å². The zero-order chi connectivity index (χ0) is 18.0. The van der Waals surface area contributed by atoms with E-state index in [0.29, 0.717) is 17.6 Å². The van der Waals surface area contributed by atoms with Crippen molar-refractivity contribution >= 4 is 28.6 Å². The zero-order valence-corrected chi connectivity index (χ0v) is 14.7. The van der Waals surface area contributed by atoms with Crippen molar-refractivity contribution in [3.8, 4) is 0 Å². The summed E-state index contributed by atoms with van der Waals surface area (Å²) in [7, 11) is 0. The molecule has 0 aliphatic rings. The lowest BCUT2D eigenvalue weighted by Crippen LogP contribution is -2.11. The molecule has 0 fully saturated rings. The van der Waals surface area contributed by atoms with Crippen LogP contribution in [0.25, 0.3) is 11.1 Å². The van der Waals surface area contributed by atoms with E-state index in [1.807, 2.05) is 32.9 Å². The molecule has 0 saturated carbocycles. The number of benzene rings is 1.